The summed E-state index contributed by atoms with van der Waals surface area (Å²) >= 11 is 0. The molecule has 3 nitrogen and oxygen atoms in total. The van der Waals surface area contributed by atoms with Crippen molar-refractivity contribution in [2.45, 2.75) is 97.0 Å². The molecule has 0 N–H and O–H groups in total. The maximum atomic E-state index is 12.4. The van der Waals surface area contributed by atoms with Crippen molar-refractivity contribution in [3.05, 3.63) is 78.4 Å². The Bertz CT molecular complexity index is 1070. The molecule has 0 saturated heterocycles. The van der Waals surface area contributed by atoms with Crippen LogP contribution in [0.1, 0.15) is 103 Å². The first-order valence-corrected chi connectivity index (χ1v) is 14.7. The lowest BCUT2D eigenvalue weighted by molar-refractivity contribution is -0.148. The second-order valence-electron chi connectivity index (χ2n) is 10.3. The van der Waals surface area contributed by atoms with Crippen LogP contribution in [0.25, 0.3) is 22.3 Å². The Kier molecular flexibility index (Phi) is 13.0. The summed E-state index contributed by atoms with van der Waals surface area (Å²) in [5.41, 5.74) is 5.65. The fourth-order valence-electron chi connectivity index (χ4n) is 4.95. The minimum absolute atomic E-state index is 0.0950. The molecule has 0 spiro atoms. The lowest BCUT2D eigenvalue weighted by Gasteiger charge is -2.15. The van der Waals surface area contributed by atoms with E-state index in [1.54, 1.807) is 7.11 Å². The molecule has 0 aliphatic rings. The first kappa shape index (κ1) is 29.5. The molecule has 3 heteroatoms. The normalized spacial score (nSPS) is 11.8. The van der Waals surface area contributed by atoms with Crippen LogP contribution < -0.4 is 4.74 Å². The molecule has 0 bridgehead atoms. The van der Waals surface area contributed by atoms with Gasteiger partial charge in [0.1, 0.15) is 11.9 Å². The topological polar surface area (TPSA) is 35.5 Å². The monoisotopic (exact) mass is 514 g/mol. The number of benzene rings is 3. The van der Waals surface area contributed by atoms with Crippen molar-refractivity contribution in [1.82, 2.24) is 0 Å². The van der Waals surface area contributed by atoms with Crippen molar-refractivity contribution in [3.63, 3.8) is 0 Å². The zero-order valence-electron chi connectivity index (χ0n) is 23.7. The number of rotatable bonds is 17. The molecular weight excluding hydrogens is 468 g/mol. The van der Waals surface area contributed by atoms with E-state index in [1.807, 2.05) is 19.1 Å². The van der Waals surface area contributed by atoms with E-state index in [4.69, 9.17) is 9.47 Å². The predicted octanol–water partition coefficient (Wildman–Crippen LogP) is 10.3. The van der Waals surface area contributed by atoms with Crippen LogP contribution in [0.15, 0.2) is 72.8 Å². The summed E-state index contributed by atoms with van der Waals surface area (Å²) in [4.78, 5) is 12.4. The Morgan fingerprint density at radius 3 is 1.63 bits per heavy atom. The maximum absolute atomic E-state index is 12.4. The van der Waals surface area contributed by atoms with Gasteiger partial charge in [0.25, 0.3) is 0 Å². The number of methoxy groups -OCH3 is 1. The van der Waals surface area contributed by atoms with E-state index in [0.29, 0.717) is 6.42 Å². The summed E-state index contributed by atoms with van der Waals surface area (Å²) in [5.74, 6) is 0.755. The Hall–Kier alpha value is -3.07. The number of ether oxygens (including phenoxy) is 2. The third-order valence-corrected chi connectivity index (χ3v) is 7.31. The molecule has 3 rings (SSSR count). The third-order valence-electron chi connectivity index (χ3n) is 7.31. The highest BCUT2D eigenvalue weighted by Gasteiger charge is 2.13. The highest BCUT2D eigenvalue weighted by atomic mass is 16.5. The van der Waals surface area contributed by atoms with Crippen LogP contribution in [0.5, 0.6) is 5.75 Å². The smallest absolute Gasteiger partial charge is 0.306 e. The SMILES string of the molecule is CCCCCCCCCCCCCC(=O)OC(C)c1ccc(-c2ccccc2-c2ccc(OC)cc2)cc1. The molecule has 0 aromatic heterocycles. The summed E-state index contributed by atoms with van der Waals surface area (Å²) < 4.78 is 11.0. The molecule has 1 atom stereocenters. The molecule has 204 valence electrons. The standard InChI is InChI=1S/C35H46O3/c1-4-5-6-7-8-9-10-11-12-13-14-19-35(36)38-28(2)29-20-22-30(23-21-29)33-17-15-16-18-34(33)31-24-26-32(37-3)27-25-31/h15-18,20-28H,4-14,19H2,1-3H3. The van der Waals surface area contributed by atoms with Crippen LogP contribution in [-0.2, 0) is 9.53 Å². The second kappa shape index (κ2) is 16.7. The van der Waals surface area contributed by atoms with E-state index in [1.165, 1.54) is 68.9 Å². The van der Waals surface area contributed by atoms with Crippen molar-refractivity contribution in [2.75, 3.05) is 7.11 Å². The first-order chi connectivity index (χ1) is 18.6. The molecule has 3 aromatic carbocycles. The van der Waals surface area contributed by atoms with Gasteiger partial charge in [-0.25, -0.2) is 0 Å². The van der Waals surface area contributed by atoms with Crippen LogP contribution in [0, 0.1) is 0 Å². The lowest BCUT2D eigenvalue weighted by atomic mass is 9.94. The van der Waals surface area contributed by atoms with Gasteiger partial charge in [0.15, 0.2) is 0 Å². The average Bonchev–Trinajstić information content (AvgIpc) is 2.96. The highest BCUT2D eigenvalue weighted by molar-refractivity contribution is 5.83. The van der Waals surface area contributed by atoms with Crippen LogP contribution in [0.2, 0.25) is 0 Å². The van der Waals surface area contributed by atoms with Crippen LogP contribution in [0.3, 0.4) is 0 Å². The van der Waals surface area contributed by atoms with E-state index in [9.17, 15) is 4.79 Å². The quantitative estimate of drug-likeness (QED) is 0.133. The van der Waals surface area contributed by atoms with Gasteiger partial charge in [0.05, 0.1) is 7.11 Å². The van der Waals surface area contributed by atoms with Crippen LogP contribution >= 0.6 is 0 Å². The average molecular weight is 515 g/mol. The number of unbranched alkanes of at least 4 members (excludes halogenated alkanes) is 10. The summed E-state index contributed by atoms with van der Waals surface area (Å²) in [7, 11) is 1.68. The van der Waals surface area contributed by atoms with Gasteiger partial charge in [0.2, 0.25) is 0 Å². The fraction of sp³-hybridized carbons (Fsp3) is 0.457. The van der Waals surface area contributed by atoms with Crippen LogP contribution in [0.4, 0.5) is 0 Å². The Morgan fingerprint density at radius 1 is 0.658 bits per heavy atom. The van der Waals surface area contributed by atoms with E-state index < -0.39 is 0 Å². The molecule has 0 amide bonds. The van der Waals surface area contributed by atoms with Crippen molar-refractivity contribution < 1.29 is 14.3 Å². The van der Waals surface area contributed by atoms with Gasteiger partial charge in [0, 0.05) is 6.42 Å². The van der Waals surface area contributed by atoms with E-state index in [-0.39, 0.29) is 12.1 Å². The third kappa shape index (κ3) is 9.67. The largest absolute Gasteiger partial charge is 0.497 e. The molecular formula is C35H46O3. The van der Waals surface area contributed by atoms with Crippen molar-refractivity contribution in [2.24, 2.45) is 0 Å². The molecule has 0 heterocycles. The van der Waals surface area contributed by atoms with Crippen LogP contribution in [-0.4, -0.2) is 13.1 Å². The van der Waals surface area contributed by atoms with Gasteiger partial charge >= 0.3 is 5.97 Å². The van der Waals surface area contributed by atoms with Gasteiger partial charge < -0.3 is 9.47 Å². The first-order valence-electron chi connectivity index (χ1n) is 14.7. The number of carbonyl (C=O) groups is 1. The highest BCUT2D eigenvalue weighted by Crippen LogP contribution is 2.33. The summed E-state index contributed by atoms with van der Waals surface area (Å²) in [6.07, 6.45) is 14.3. The Morgan fingerprint density at radius 2 is 1.13 bits per heavy atom. The summed E-state index contributed by atoms with van der Waals surface area (Å²) in [6, 6.07) is 24.9. The number of carbonyl (C=O) groups excluding carboxylic acids is 1. The van der Waals surface area contributed by atoms with Crippen molar-refractivity contribution >= 4 is 5.97 Å². The fourth-order valence-corrected chi connectivity index (χ4v) is 4.95. The van der Waals surface area contributed by atoms with E-state index >= 15 is 0 Å². The summed E-state index contributed by atoms with van der Waals surface area (Å²) in [6.45, 7) is 4.22. The Labute approximate surface area is 230 Å². The zero-order valence-corrected chi connectivity index (χ0v) is 23.7. The number of hydrogen-bond donors (Lipinski definition) is 0. The lowest BCUT2D eigenvalue weighted by Crippen LogP contribution is -2.08. The minimum Gasteiger partial charge on any atom is -0.497 e. The van der Waals surface area contributed by atoms with Crippen molar-refractivity contribution in [3.8, 4) is 28.0 Å². The Balaban J connectivity index is 1.42. The van der Waals surface area contributed by atoms with Gasteiger partial charge in [-0.1, -0.05) is 132 Å². The maximum Gasteiger partial charge on any atom is 0.306 e. The molecule has 0 saturated carbocycles. The predicted molar refractivity (Wildman–Crippen MR) is 159 cm³/mol. The van der Waals surface area contributed by atoms with Crippen molar-refractivity contribution in [1.29, 1.82) is 0 Å². The molecule has 0 aliphatic heterocycles. The van der Waals surface area contributed by atoms with Gasteiger partial charge in [-0.3, -0.25) is 4.79 Å². The number of esters is 1. The molecule has 0 aliphatic carbocycles. The second-order valence-corrected chi connectivity index (χ2v) is 10.3. The van der Waals surface area contributed by atoms with E-state index in [0.717, 1.165) is 35.3 Å². The molecule has 0 radical (unpaired) electrons. The molecule has 38 heavy (non-hydrogen) atoms. The van der Waals surface area contributed by atoms with Gasteiger partial charge in [-0.15, -0.1) is 0 Å². The van der Waals surface area contributed by atoms with E-state index in [2.05, 4.69) is 67.6 Å². The molecule has 1 unspecified atom stereocenters. The van der Waals surface area contributed by atoms with Gasteiger partial charge in [-0.05, 0) is 53.3 Å². The minimum atomic E-state index is -0.249. The molecule has 0 fully saturated rings. The summed E-state index contributed by atoms with van der Waals surface area (Å²) in [5, 5.41) is 0. The molecule has 3 aromatic rings. The number of hydrogen-bond acceptors (Lipinski definition) is 3. The zero-order chi connectivity index (χ0) is 27.0. The van der Waals surface area contributed by atoms with Gasteiger partial charge in [-0.2, -0.15) is 0 Å².